The van der Waals surface area contributed by atoms with E-state index in [2.05, 4.69) is 41.2 Å². The minimum absolute atomic E-state index is 0.627. The molecule has 0 bridgehead atoms. The number of allylic oxidation sites excluding steroid dienone is 3. The zero-order chi connectivity index (χ0) is 9.02. The predicted molar refractivity (Wildman–Crippen MR) is 55.6 cm³/mol. The van der Waals surface area contributed by atoms with Gasteiger partial charge in [-0.1, -0.05) is 37.8 Å². The molecule has 0 unspecified atom stereocenters. The minimum atomic E-state index is 0.627. The molecule has 0 aromatic rings. The molecule has 1 heteroatoms. The van der Waals surface area contributed by atoms with Gasteiger partial charge in [-0.25, -0.2) is 0 Å². The summed E-state index contributed by atoms with van der Waals surface area (Å²) in [5, 5.41) is 0. The number of hydrogen-bond acceptors (Lipinski definition) is 1. The summed E-state index contributed by atoms with van der Waals surface area (Å²) < 4.78 is 0. The molecule has 0 saturated heterocycles. The van der Waals surface area contributed by atoms with Gasteiger partial charge in [0.25, 0.3) is 0 Å². The lowest BCUT2D eigenvalue weighted by molar-refractivity contribution is 0.806. The van der Waals surface area contributed by atoms with Gasteiger partial charge in [-0.3, -0.25) is 0 Å². The molecule has 0 heterocycles. The van der Waals surface area contributed by atoms with Crippen LogP contribution in [0.3, 0.4) is 0 Å². The van der Waals surface area contributed by atoms with Gasteiger partial charge in [-0.15, -0.1) is 0 Å². The molecule has 0 aliphatic heterocycles. The molecule has 0 spiro atoms. The van der Waals surface area contributed by atoms with Crippen LogP contribution >= 0.6 is 11.8 Å². The van der Waals surface area contributed by atoms with Crippen molar-refractivity contribution in [2.45, 2.75) is 34.6 Å². The number of thioether (sulfide) groups is 1. The Balaban J connectivity index is 4.38. The highest BCUT2D eigenvalue weighted by Crippen LogP contribution is 2.31. The van der Waals surface area contributed by atoms with Crippen molar-refractivity contribution >= 4 is 11.8 Å². The van der Waals surface area contributed by atoms with E-state index >= 15 is 0 Å². The van der Waals surface area contributed by atoms with E-state index < -0.39 is 0 Å². The molecule has 0 aromatic carbocycles. The predicted octanol–water partition coefficient (Wildman–Crippen LogP) is 4.20. The van der Waals surface area contributed by atoms with Crippen molar-refractivity contribution in [1.29, 1.82) is 0 Å². The van der Waals surface area contributed by atoms with Crippen LogP contribution in [0.1, 0.15) is 34.6 Å². The first-order chi connectivity index (χ1) is 4.95. The third kappa shape index (κ3) is 4.31. The molecule has 0 rings (SSSR count). The summed E-state index contributed by atoms with van der Waals surface area (Å²) >= 11 is 1.80. The molecule has 0 nitrogen and oxygen atoms in total. The van der Waals surface area contributed by atoms with Crippen LogP contribution in [0, 0.1) is 5.92 Å². The lowest BCUT2D eigenvalue weighted by Crippen LogP contribution is -1.91. The zero-order valence-electron chi connectivity index (χ0n) is 8.19. The van der Waals surface area contributed by atoms with Gasteiger partial charge in [0, 0.05) is 0 Å². The molecule has 0 saturated carbocycles. The fourth-order valence-corrected chi connectivity index (χ4v) is 1.80. The Morgan fingerprint density at radius 2 is 1.64 bits per heavy atom. The first-order valence-corrected chi connectivity index (χ1v) is 4.77. The Bertz CT molecular complexity index is 171. The quantitative estimate of drug-likeness (QED) is 0.611. The largest absolute Gasteiger partial charge is 0.0997 e. The molecule has 0 atom stereocenters. The Kier molecular flexibility index (Phi) is 4.58. The van der Waals surface area contributed by atoms with Crippen LogP contribution in [0.5, 0.6) is 0 Å². The summed E-state index contributed by atoms with van der Waals surface area (Å²) in [6, 6.07) is 0. The number of hydrogen-bond donors (Lipinski definition) is 0. The van der Waals surface area contributed by atoms with Crippen molar-refractivity contribution in [3.8, 4) is 0 Å². The maximum absolute atomic E-state index is 3.89. The van der Waals surface area contributed by atoms with Gasteiger partial charge in [0.15, 0.2) is 0 Å². The summed E-state index contributed by atoms with van der Waals surface area (Å²) in [5.41, 5.74) is 1.41. The van der Waals surface area contributed by atoms with Crippen LogP contribution in [-0.4, -0.2) is 0 Å². The van der Waals surface area contributed by atoms with E-state index in [1.807, 2.05) is 0 Å². The van der Waals surface area contributed by atoms with E-state index in [1.54, 1.807) is 11.8 Å². The summed E-state index contributed by atoms with van der Waals surface area (Å²) in [6.07, 6.45) is 0. The van der Waals surface area contributed by atoms with Gasteiger partial charge in [0.05, 0.1) is 0 Å². The van der Waals surface area contributed by atoms with Crippen molar-refractivity contribution in [2.24, 2.45) is 5.92 Å². The molecule has 0 amide bonds. The van der Waals surface area contributed by atoms with Crippen molar-refractivity contribution in [1.82, 2.24) is 0 Å². The highest BCUT2D eigenvalue weighted by atomic mass is 32.2. The second-order valence-electron chi connectivity index (χ2n) is 3.32. The summed E-state index contributed by atoms with van der Waals surface area (Å²) in [7, 11) is 0. The monoisotopic (exact) mass is 170 g/mol. The molecule has 0 aromatic heterocycles. The van der Waals surface area contributed by atoms with E-state index in [0.29, 0.717) is 5.92 Å². The summed E-state index contributed by atoms with van der Waals surface area (Å²) in [4.78, 5) is 2.63. The smallest absolute Gasteiger partial charge is 0.00940 e. The second kappa shape index (κ2) is 4.66. The van der Waals surface area contributed by atoms with Crippen molar-refractivity contribution in [3.05, 3.63) is 22.0 Å². The Morgan fingerprint density at radius 1 is 1.18 bits per heavy atom. The second-order valence-corrected chi connectivity index (χ2v) is 4.66. The third-order valence-electron chi connectivity index (χ3n) is 1.30. The summed E-state index contributed by atoms with van der Waals surface area (Å²) in [5.74, 6) is 0.627. The standard InChI is InChI=1S/C10H18S/c1-7(2)10(8(3)4)11-9(5)6/h7H,5H2,1-4,6H3. The van der Waals surface area contributed by atoms with Crippen molar-refractivity contribution in [3.63, 3.8) is 0 Å². The van der Waals surface area contributed by atoms with Crippen LogP contribution in [0.25, 0.3) is 0 Å². The van der Waals surface area contributed by atoms with Crippen molar-refractivity contribution in [2.75, 3.05) is 0 Å². The van der Waals surface area contributed by atoms with E-state index in [-0.39, 0.29) is 0 Å². The van der Waals surface area contributed by atoms with Gasteiger partial charge < -0.3 is 0 Å². The molecule has 0 aliphatic rings. The van der Waals surface area contributed by atoms with E-state index in [0.717, 1.165) is 0 Å². The molecule has 64 valence electrons. The van der Waals surface area contributed by atoms with E-state index in [1.165, 1.54) is 15.4 Å². The van der Waals surface area contributed by atoms with E-state index in [9.17, 15) is 0 Å². The first kappa shape index (κ1) is 10.8. The Morgan fingerprint density at radius 3 is 1.73 bits per heavy atom. The molecular formula is C10H18S. The SMILES string of the molecule is C=C(C)SC(=C(C)C)C(C)C. The van der Waals surface area contributed by atoms with Gasteiger partial charge in [-0.2, -0.15) is 0 Å². The van der Waals surface area contributed by atoms with Gasteiger partial charge >= 0.3 is 0 Å². The maximum atomic E-state index is 3.89. The van der Waals surface area contributed by atoms with Crippen LogP contribution in [0.2, 0.25) is 0 Å². The molecule has 0 radical (unpaired) electrons. The van der Waals surface area contributed by atoms with Gasteiger partial charge in [0.1, 0.15) is 0 Å². The molecule has 0 aliphatic carbocycles. The van der Waals surface area contributed by atoms with Gasteiger partial charge in [0.2, 0.25) is 0 Å². The average Bonchev–Trinajstić information content (AvgIpc) is 1.81. The minimum Gasteiger partial charge on any atom is -0.0997 e. The lowest BCUT2D eigenvalue weighted by Gasteiger charge is -2.12. The zero-order valence-corrected chi connectivity index (χ0v) is 9.01. The molecule has 11 heavy (non-hydrogen) atoms. The lowest BCUT2D eigenvalue weighted by atomic mass is 10.1. The number of rotatable bonds is 3. The first-order valence-electron chi connectivity index (χ1n) is 3.96. The van der Waals surface area contributed by atoms with Crippen molar-refractivity contribution < 1.29 is 0 Å². The van der Waals surface area contributed by atoms with Crippen LogP contribution in [-0.2, 0) is 0 Å². The topological polar surface area (TPSA) is 0 Å². The normalized spacial score (nSPS) is 10.0. The van der Waals surface area contributed by atoms with Crippen LogP contribution in [0.4, 0.5) is 0 Å². The Hall–Kier alpha value is -0.170. The third-order valence-corrected chi connectivity index (χ3v) is 2.75. The van der Waals surface area contributed by atoms with Gasteiger partial charge in [-0.05, 0) is 36.5 Å². The molecule has 0 fully saturated rings. The fraction of sp³-hybridized carbons (Fsp3) is 0.600. The average molecular weight is 170 g/mol. The van der Waals surface area contributed by atoms with Crippen LogP contribution in [0.15, 0.2) is 22.0 Å². The fourth-order valence-electron chi connectivity index (χ4n) is 0.985. The molecular weight excluding hydrogens is 152 g/mol. The van der Waals surface area contributed by atoms with E-state index in [4.69, 9.17) is 0 Å². The maximum Gasteiger partial charge on any atom is -0.00940 e. The summed E-state index contributed by atoms with van der Waals surface area (Å²) in [6.45, 7) is 14.7. The highest BCUT2D eigenvalue weighted by Gasteiger charge is 2.05. The van der Waals surface area contributed by atoms with Crippen LogP contribution < -0.4 is 0 Å². The Labute approximate surface area is 74.8 Å². The highest BCUT2D eigenvalue weighted by molar-refractivity contribution is 8.06. The molecule has 0 N–H and O–H groups in total.